The van der Waals surface area contributed by atoms with Crippen LogP contribution >= 0.6 is 0 Å². The number of Topliss-reactive ketones (excluding diaryl/α,β-unsaturated/α-hetero) is 1. The molecule has 0 aliphatic carbocycles. The average molecular weight is 268 g/mol. The molecule has 8 heteroatoms. The van der Waals surface area contributed by atoms with Crippen molar-refractivity contribution in [3.8, 4) is 0 Å². The van der Waals surface area contributed by atoms with Crippen molar-refractivity contribution in [3.05, 3.63) is 18.2 Å². The van der Waals surface area contributed by atoms with Crippen LogP contribution in [-0.4, -0.2) is 45.3 Å². The van der Waals surface area contributed by atoms with Gasteiger partial charge >= 0.3 is 5.97 Å². The molecular weight excluding hydrogens is 252 g/mol. The highest BCUT2D eigenvalue weighted by atomic mass is 16.4. The SMILES string of the molecule is CC(=O)NCC(C(=O)[C@@H](N)CC(=O)O)c1cnc[nH]1. The molecule has 8 nitrogen and oxygen atoms in total. The van der Waals surface area contributed by atoms with Gasteiger partial charge in [-0.15, -0.1) is 0 Å². The van der Waals surface area contributed by atoms with Gasteiger partial charge < -0.3 is 21.1 Å². The molecule has 1 heterocycles. The number of nitrogens with two attached hydrogens (primary N) is 1. The van der Waals surface area contributed by atoms with E-state index < -0.39 is 30.1 Å². The van der Waals surface area contributed by atoms with Crippen LogP contribution < -0.4 is 11.1 Å². The van der Waals surface area contributed by atoms with Crippen molar-refractivity contribution in [1.82, 2.24) is 15.3 Å². The molecule has 0 aromatic carbocycles. The quantitative estimate of drug-likeness (QED) is 0.500. The van der Waals surface area contributed by atoms with Crippen LogP contribution in [0, 0.1) is 0 Å². The molecule has 0 fully saturated rings. The third kappa shape index (κ3) is 4.51. The highest BCUT2D eigenvalue weighted by Gasteiger charge is 2.28. The maximum Gasteiger partial charge on any atom is 0.305 e. The molecule has 0 bridgehead atoms. The minimum absolute atomic E-state index is 0.0453. The highest BCUT2D eigenvalue weighted by molar-refractivity contribution is 5.93. The van der Waals surface area contributed by atoms with E-state index in [2.05, 4.69) is 15.3 Å². The number of aromatic nitrogens is 2. The van der Waals surface area contributed by atoms with Gasteiger partial charge in [-0.25, -0.2) is 4.98 Å². The predicted molar refractivity (Wildman–Crippen MR) is 65.2 cm³/mol. The van der Waals surface area contributed by atoms with Gasteiger partial charge in [-0.1, -0.05) is 0 Å². The number of hydrogen-bond acceptors (Lipinski definition) is 5. The number of hydrogen-bond donors (Lipinski definition) is 4. The van der Waals surface area contributed by atoms with Crippen molar-refractivity contribution < 1.29 is 19.5 Å². The molecule has 0 aliphatic rings. The second kappa shape index (κ2) is 6.64. The molecule has 1 aromatic heterocycles. The Kier molecular flexibility index (Phi) is 5.19. The molecule has 1 rings (SSSR count). The molecule has 104 valence electrons. The third-order valence-corrected chi connectivity index (χ3v) is 2.55. The van der Waals surface area contributed by atoms with Gasteiger partial charge in [0.25, 0.3) is 0 Å². The zero-order valence-electron chi connectivity index (χ0n) is 10.4. The van der Waals surface area contributed by atoms with E-state index in [9.17, 15) is 14.4 Å². The Labute approximate surface area is 109 Å². The Morgan fingerprint density at radius 2 is 2.21 bits per heavy atom. The minimum atomic E-state index is -1.15. The number of carboxylic acids is 1. The van der Waals surface area contributed by atoms with Gasteiger partial charge in [-0.3, -0.25) is 14.4 Å². The Bertz CT molecular complexity index is 457. The second-order valence-electron chi connectivity index (χ2n) is 4.10. The van der Waals surface area contributed by atoms with Crippen LogP contribution in [0.1, 0.15) is 25.0 Å². The predicted octanol–water partition coefficient (Wildman–Crippen LogP) is -0.999. The number of rotatable bonds is 7. The van der Waals surface area contributed by atoms with Crippen LogP contribution in [0.5, 0.6) is 0 Å². The van der Waals surface area contributed by atoms with Crippen molar-refractivity contribution >= 4 is 17.7 Å². The van der Waals surface area contributed by atoms with E-state index in [0.717, 1.165) is 0 Å². The van der Waals surface area contributed by atoms with E-state index in [1.807, 2.05) is 0 Å². The Morgan fingerprint density at radius 1 is 1.53 bits per heavy atom. The molecule has 1 amide bonds. The van der Waals surface area contributed by atoms with Gasteiger partial charge in [0.2, 0.25) is 5.91 Å². The summed E-state index contributed by atoms with van der Waals surface area (Å²) in [5.41, 5.74) is 6.04. The van der Waals surface area contributed by atoms with Gasteiger partial charge in [0.15, 0.2) is 5.78 Å². The van der Waals surface area contributed by atoms with E-state index in [-0.39, 0.29) is 12.5 Å². The van der Waals surface area contributed by atoms with Crippen molar-refractivity contribution in [2.45, 2.75) is 25.3 Å². The number of carbonyl (C=O) groups is 3. The number of imidazole rings is 1. The monoisotopic (exact) mass is 268 g/mol. The van der Waals surface area contributed by atoms with Crippen molar-refractivity contribution in [2.24, 2.45) is 5.73 Å². The smallest absolute Gasteiger partial charge is 0.305 e. The molecule has 0 radical (unpaired) electrons. The molecule has 19 heavy (non-hydrogen) atoms. The minimum Gasteiger partial charge on any atom is -0.481 e. The summed E-state index contributed by atoms with van der Waals surface area (Å²) >= 11 is 0. The van der Waals surface area contributed by atoms with Gasteiger partial charge in [0.1, 0.15) is 0 Å². The summed E-state index contributed by atoms with van der Waals surface area (Å²) in [6.45, 7) is 1.37. The summed E-state index contributed by atoms with van der Waals surface area (Å²) in [4.78, 5) is 40.1. The lowest BCUT2D eigenvalue weighted by Gasteiger charge is -2.18. The molecule has 0 spiro atoms. The number of H-pyrrole nitrogens is 1. The van der Waals surface area contributed by atoms with Crippen LogP contribution in [0.2, 0.25) is 0 Å². The Hall–Kier alpha value is -2.22. The molecule has 0 saturated heterocycles. The summed E-state index contributed by atoms with van der Waals surface area (Å²) in [5.74, 6) is -2.63. The van der Waals surface area contributed by atoms with E-state index in [4.69, 9.17) is 10.8 Å². The lowest BCUT2D eigenvalue weighted by Crippen LogP contribution is -2.40. The summed E-state index contributed by atoms with van der Waals surface area (Å²) in [6.07, 6.45) is 2.38. The summed E-state index contributed by atoms with van der Waals surface area (Å²) in [5, 5.41) is 11.2. The van der Waals surface area contributed by atoms with Crippen LogP contribution in [0.4, 0.5) is 0 Å². The average Bonchev–Trinajstić information content (AvgIpc) is 2.81. The van der Waals surface area contributed by atoms with Crippen LogP contribution in [-0.2, 0) is 14.4 Å². The van der Waals surface area contributed by atoms with Gasteiger partial charge in [-0.05, 0) is 0 Å². The number of aliphatic carboxylic acids is 1. The molecule has 1 aromatic rings. The highest BCUT2D eigenvalue weighted by Crippen LogP contribution is 2.15. The van der Waals surface area contributed by atoms with Crippen LogP contribution in [0.3, 0.4) is 0 Å². The normalized spacial score (nSPS) is 13.6. The zero-order chi connectivity index (χ0) is 14.4. The van der Waals surface area contributed by atoms with Crippen molar-refractivity contribution in [2.75, 3.05) is 6.54 Å². The number of carboxylic acid groups (broad SMARTS) is 1. The number of ketones is 1. The first kappa shape index (κ1) is 14.8. The third-order valence-electron chi connectivity index (χ3n) is 2.55. The van der Waals surface area contributed by atoms with Gasteiger partial charge in [0, 0.05) is 25.4 Å². The molecule has 1 unspecified atom stereocenters. The maximum absolute atomic E-state index is 12.1. The Balaban J connectivity index is 2.81. The van der Waals surface area contributed by atoms with Crippen molar-refractivity contribution in [3.63, 3.8) is 0 Å². The number of amides is 1. The van der Waals surface area contributed by atoms with E-state index in [1.54, 1.807) is 0 Å². The summed E-state index contributed by atoms with van der Waals surface area (Å²) in [6, 6.07) is -1.13. The fourth-order valence-corrected chi connectivity index (χ4v) is 1.61. The number of carbonyl (C=O) groups excluding carboxylic acids is 2. The van der Waals surface area contributed by atoms with E-state index in [0.29, 0.717) is 5.69 Å². The molecule has 0 aliphatic heterocycles. The fraction of sp³-hybridized carbons (Fsp3) is 0.455. The molecular formula is C11H16N4O4. The molecule has 5 N–H and O–H groups in total. The lowest BCUT2D eigenvalue weighted by atomic mass is 9.94. The summed E-state index contributed by atoms with van der Waals surface area (Å²) in [7, 11) is 0. The van der Waals surface area contributed by atoms with Crippen LogP contribution in [0.15, 0.2) is 12.5 Å². The standard InChI is InChI=1S/C11H16N4O4/c1-6(16)14-3-7(9-4-13-5-15-9)11(19)8(12)2-10(17)18/h4-5,7-8H,2-3,12H2,1H3,(H,13,15)(H,14,16)(H,17,18)/t7?,8-/m0/s1. The molecule has 2 atom stereocenters. The van der Waals surface area contributed by atoms with Crippen molar-refractivity contribution in [1.29, 1.82) is 0 Å². The lowest BCUT2D eigenvalue weighted by molar-refractivity contribution is -0.139. The van der Waals surface area contributed by atoms with Gasteiger partial charge in [-0.2, -0.15) is 0 Å². The fourth-order valence-electron chi connectivity index (χ4n) is 1.61. The number of nitrogens with one attached hydrogen (secondary N) is 2. The Morgan fingerprint density at radius 3 is 2.68 bits per heavy atom. The van der Waals surface area contributed by atoms with E-state index >= 15 is 0 Å². The van der Waals surface area contributed by atoms with E-state index in [1.165, 1.54) is 19.4 Å². The molecule has 0 saturated carbocycles. The topological polar surface area (TPSA) is 138 Å². The van der Waals surface area contributed by atoms with Crippen LogP contribution in [0.25, 0.3) is 0 Å². The largest absolute Gasteiger partial charge is 0.481 e. The van der Waals surface area contributed by atoms with Gasteiger partial charge in [0.05, 0.1) is 24.7 Å². The zero-order valence-corrected chi connectivity index (χ0v) is 10.4. The maximum atomic E-state index is 12.1. The summed E-state index contributed by atoms with van der Waals surface area (Å²) < 4.78 is 0. The first-order chi connectivity index (χ1) is 8.91. The first-order valence-electron chi connectivity index (χ1n) is 5.65. The first-order valence-corrected chi connectivity index (χ1v) is 5.65. The number of aromatic amines is 1. The number of nitrogens with zero attached hydrogens (tertiary/aromatic N) is 1. The second-order valence-corrected chi connectivity index (χ2v) is 4.10.